The third-order valence-corrected chi connectivity index (χ3v) is 6.39. The van der Waals surface area contributed by atoms with Gasteiger partial charge in [-0.3, -0.25) is 9.48 Å². The lowest BCUT2D eigenvalue weighted by atomic mass is 10.1. The average molecular weight is 400 g/mol. The van der Waals surface area contributed by atoms with Gasteiger partial charge in [-0.15, -0.1) is 0 Å². The molecule has 1 amide bonds. The van der Waals surface area contributed by atoms with E-state index in [2.05, 4.69) is 10.4 Å². The maximum Gasteiger partial charge on any atom is 0.291 e. The Bertz CT molecular complexity index is 1070. The predicted molar refractivity (Wildman–Crippen MR) is 102 cm³/mol. The van der Waals surface area contributed by atoms with Crippen LogP contribution < -0.4 is 5.32 Å². The van der Waals surface area contributed by atoms with E-state index >= 15 is 0 Å². The number of para-hydroxylation sites is 1. The molecule has 3 heterocycles. The predicted octanol–water partition coefficient (Wildman–Crippen LogP) is 2.56. The van der Waals surface area contributed by atoms with Crippen LogP contribution in [0.1, 0.15) is 29.0 Å². The number of nitrogens with zero attached hydrogens (tertiary/aromatic N) is 3. The van der Waals surface area contributed by atoms with Crippen molar-refractivity contribution in [2.24, 2.45) is 0 Å². The van der Waals surface area contributed by atoms with Crippen molar-refractivity contribution in [2.45, 2.75) is 24.5 Å². The molecule has 1 aromatic carbocycles. The van der Waals surface area contributed by atoms with Crippen molar-refractivity contribution in [3.05, 3.63) is 66.2 Å². The second-order valence-corrected chi connectivity index (χ2v) is 8.41. The molecule has 0 saturated carbocycles. The third-order valence-electron chi connectivity index (χ3n) is 4.62. The van der Waals surface area contributed by atoms with Gasteiger partial charge in [-0.2, -0.15) is 9.40 Å². The summed E-state index contributed by atoms with van der Waals surface area (Å²) in [6.45, 7) is 1.45. The Balaban J connectivity index is 1.51. The molecule has 3 aromatic rings. The minimum atomic E-state index is -3.69. The van der Waals surface area contributed by atoms with Gasteiger partial charge in [0, 0.05) is 31.2 Å². The zero-order valence-electron chi connectivity index (χ0n) is 15.1. The summed E-state index contributed by atoms with van der Waals surface area (Å²) in [5.41, 5.74) is 1.49. The first-order valence-electron chi connectivity index (χ1n) is 9.01. The highest BCUT2D eigenvalue weighted by Crippen LogP contribution is 2.24. The van der Waals surface area contributed by atoms with Gasteiger partial charge in [-0.25, -0.2) is 8.42 Å². The van der Waals surface area contributed by atoms with Crippen LogP contribution >= 0.6 is 0 Å². The summed E-state index contributed by atoms with van der Waals surface area (Å²) in [5, 5.41) is 6.76. The quantitative estimate of drug-likeness (QED) is 0.686. The number of anilines is 1. The largest absolute Gasteiger partial charge is 0.438 e. The minimum Gasteiger partial charge on any atom is -0.438 e. The maximum absolute atomic E-state index is 12.6. The number of rotatable bonds is 6. The highest BCUT2D eigenvalue weighted by atomic mass is 32.2. The molecule has 0 aliphatic carbocycles. The van der Waals surface area contributed by atoms with Gasteiger partial charge < -0.3 is 9.73 Å². The monoisotopic (exact) mass is 400 g/mol. The second kappa shape index (κ2) is 7.61. The molecule has 1 N–H and O–H groups in total. The van der Waals surface area contributed by atoms with E-state index < -0.39 is 15.9 Å². The van der Waals surface area contributed by atoms with Gasteiger partial charge in [0.1, 0.15) is 0 Å². The maximum atomic E-state index is 12.6. The first kappa shape index (κ1) is 18.5. The lowest BCUT2D eigenvalue weighted by Crippen LogP contribution is -2.27. The van der Waals surface area contributed by atoms with Crippen LogP contribution in [0.3, 0.4) is 0 Å². The van der Waals surface area contributed by atoms with E-state index in [-0.39, 0.29) is 10.9 Å². The van der Waals surface area contributed by atoms with E-state index in [9.17, 15) is 13.2 Å². The van der Waals surface area contributed by atoms with Gasteiger partial charge in [0.2, 0.25) is 5.09 Å². The van der Waals surface area contributed by atoms with E-state index in [1.54, 1.807) is 16.9 Å². The molecule has 1 aliphatic heterocycles. The fourth-order valence-corrected chi connectivity index (χ4v) is 4.60. The van der Waals surface area contributed by atoms with Crippen LogP contribution in [0.5, 0.6) is 0 Å². The normalized spacial score (nSPS) is 15.0. The number of benzene rings is 1. The lowest BCUT2D eigenvalue weighted by Gasteiger charge is -2.13. The zero-order chi connectivity index (χ0) is 19.6. The molecule has 28 heavy (non-hydrogen) atoms. The van der Waals surface area contributed by atoms with Gasteiger partial charge in [0.15, 0.2) is 5.76 Å². The van der Waals surface area contributed by atoms with Crippen LogP contribution in [-0.4, -0.2) is 41.5 Å². The van der Waals surface area contributed by atoms with Gasteiger partial charge in [-0.05, 0) is 42.7 Å². The molecule has 1 aliphatic rings. The second-order valence-electron chi connectivity index (χ2n) is 6.54. The van der Waals surface area contributed by atoms with Crippen molar-refractivity contribution >= 4 is 21.6 Å². The smallest absolute Gasteiger partial charge is 0.291 e. The van der Waals surface area contributed by atoms with Crippen LogP contribution in [0.4, 0.5) is 5.69 Å². The summed E-state index contributed by atoms with van der Waals surface area (Å²) in [6.07, 6.45) is 5.19. The molecule has 0 spiro atoms. The van der Waals surface area contributed by atoms with E-state index in [1.807, 2.05) is 30.5 Å². The number of amides is 1. The van der Waals surface area contributed by atoms with Gasteiger partial charge in [-0.1, -0.05) is 18.2 Å². The number of nitrogens with one attached hydrogen (secondary N) is 1. The van der Waals surface area contributed by atoms with Crippen molar-refractivity contribution in [3.63, 3.8) is 0 Å². The summed E-state index contributed by atoms with van der Waals surface area (Å²) < 4.78 is 33.6. The van der Waals surface area contributed by atoms with Crippen LogP contribution in [0.2, 0.25) is 0 Å². The number of carbonyl (C=O) groups is 1. The highest BCUT2D eigenvalue weighted by molar-refractivity contribution is 7.89. The van der Waals surface area contributed by atoms with Gasteiger partial charge >= 0.3 is 0 Å². The molecule has 4 rings (SSSR count). The summed E-state index contributed by atoms with van der Waals surface area (Å²) in [6, 6.07) is 11.9. The summed E-state index contributed by atoms with van der Waals surface area (Å²) in [4.78, 5) is 12.6. The zero-order valence-corrected chi connectivity index (χ0v) is 15.9. The van der Waals surface area contributed by atoms with E-state index in [0.29, 0.717) is 25.3 Å². The van der Waals surface area contributed by atoms with Crippen molar-refractivity contribution < 1.29 is 17.6 Å². The SMILES string of the molecule is O=C(Nc1ccccc1Cn1cccn1)c1ccc(S(=O)(=O)N2CCCC2)o1. The van der Waals surface area contributed by atoms with Crippen LogP contribution in [0.15, 0.2) is 64.4 Å². The first-order chi connectivity index (χ1) is 13.5. The molecule has 1 saturated heterocycles. The van der Waals surface area contributed by atoms with Crippen molar-refractivity contribution in [3.8, 4) is 0 Å². The van der Waals surface area contributed by atoms with Crippen molar-refractivity contribution in [2.75, 3.05) is 18.4 Å². The number of sulfonamides is 1. The molecule has 9 heteroatoms. The summed E-state index contributed by atoms with van der Waals surface area (Å²) in [7, 11) is -3.69. The Labute approximate surface area is 162 Å². The Morgan fingerprint density at radius 2 is 1.89 bits per heavy atom. The van der Waals surface area contributed by atoms with Crippen molar-refractivity contribution in [1.82, 2.24) is 14.1 Å². The molecule has 0 radical (unpaired) electrons. The number of carbonyl (C=O) groups excluding carboxylic acids is 1. The average Bonchev–Trinajstić information content (AvgIpc) is 3.45. The molecule has 0 atom stereocenters. The standard InChI is InChI=1S/C19H20N4O4S/c24-19(17-8-9-18(27-17)28(25,26)23-12-3-4-13-23)21-16-7-2-1-6-15(16)14-22-11-5-10-20-22/h1-2,5-11H,3-4,12-14H2,(H,21,24). The molecular weight excluding hydrogens is 380 g/mol. The van der Waals surface area contributed by atoms with E-state index in [1.165, 1.54) is 16.4 Å². The number of hydrogen-bond acceptors (Lipinski definition) is 5. The molecule has 8 nitrogen and oxygen atoms in total. The molecule has 146 valence electrons. The van der Waals surface area contributed by atoms with Crippen LogP contribution in [-0.2, 0) is 16.6 Å². The summed E-state index contributed by atoms with van der Waals surface area (Å²) in [5.74, 6) is -0.553. The molecule has 1 fully saturated rings. The Hall–Kier alpha value is -2.91. The Morgan fingerprint density at radius 1 is 1.11 bits per heavy atom. The molecule has 0 unspecified atom stereocenters. The number of aromatic nitrogens is 2. The highest BCUT2D eigenvalue weighted by Gasteiger charge is 2.30. The number of hydrogen-bond donors (Lipinski definition) is 1. The number of furan rings is 1. The molecule has 0 bridgehead atoms. The summed E-state index contributed by atoms with van der Waals surface area (Å²) >= 11 is 0. The lowest BCUT2D eigenvalue weighted by molar-refractivity contribution is 0.0991. The van der Waals surface area contributed by atoms with Crippen molar-refractivity contribution in [1.29, 1.82) is 0 Å². The fourth-order valence-electron chi connectivity index (χ4n) is 3.17. The van der Waals surface area contributed by atoms with Gasteiger partial charge in [0.05, 0.1) is 6.54 Å². The topological polar surface area (TPSA) is 97.4 Å². The van der Waals surface area contributed by atoms with Crippen LogP contribution in [0.25, 0.3) is 0 Å². The van der Waals surface area contributed by atoms with Crippen LogP contribution in [0, 0.1) is 0 Å². The minimum absolute atomic E-state index is 0.0494. The fraction of sp³-hybridized carbons (Fsp3) is 0.263. The van der Waals surface area contributed by atoms with E-state index in [4.69, 9.17) is 4.42 Å². The Kier molecular flexibility index (Phi) is 5.01. The van der Waals surface area contributed by atoms with Gasteiger partial charge in [0.25, 0.3) is 15.9 Å². The third kappa shape index (κ3) is 3.71. The van der Waals surface area contributed by atoms with E-state index in [0.717, 1.165) is 18.4 Å². The first-order valence-corrected chi connectivity index (χ1v) is 10.4. The molecular formula is C19H20N4O4S. The molecule has 2 aromatic heterocycles. The Morgan fingerprint density at radius 3 is 2.64 bits per heavy atom.